The number of para-hydroxylation sites is 2. The molecule has 0 aromatic heterocycles. The lowest BCUT2D eigenvalue weighted by molar-refractivity contribution is -0.256. The minimum Gasteiger partial charge on any atom is -0.451 e. The van der Waals surface area contributed by atoms with Crippen LogP contribution in [0.15, 0.2) is 54.6 Å². The number of benzene rings is 2. The van der Waals surface area contributed by atoms with E-state index >= 15 is 0 Å². The zero-order valence-electron chi connectivity index (χ0n) is 7.81. The third kappa shape index (κ3) is 1.92. The van der Waals surface area contributed by atoms with Gasteiger partial charge in [0.1, 0.15) is 5.75 Å². The van der Waals surface area contributed by atoms with Crippen LogP contribution in [-0.2, 0) is 0 Å². The van der Waals surface area contributed by atoms with Crippen molar-refractivity contribution in [2.24, 2.45) is 0 Å². The van der Waals surface area contributed by atoms with Gasteiger partial charge in [-0.05, 0) is 18.2 Å². The molecule has 2 heteroatoms. The van der Waals surface area contributed by atoms with Crippen LogP contribution in [0.2, 0.25) is 0 Å². The maximum Gasteiger partial charge on any atom is 0.187 e. The number of hydrogen-bond donors (Lipinski definition) is 1. The molecule has 0 spiro atoms. The SMILES string of the molecule is [NH3+]c1ccccc1Oc1ccccc1. The van der Waals surface area contributed by atoms with Crippen molar-refractivity contribution >= 4 is 5.69 Å². The van der Waals surface area contributed by atoms with Gasteiger partial charge in [-0.15, -0.1) is 0 Å². The van der Waals surface area contributed by atoms with Crippen LogP contribution in [0.3, 0.4) is 0 Å². The van der Waals surface area contributed by atoms with Crippen molar-refractivity contribution in [3.05, 3.63) is 54.6 Å². The van der Waals surface area contributed by atoms with Crippen molar-refractivity contribution in [1.29, 1.82) is 0 Å². The summed E-state index contributed by atoms with van der Waals surface area (Å²) in [6, 6.07) is 17.4. The highest BCUT2D eigenvalue weighted by Gasteiger charge is 2.02. The second-order valence-corrected chi connectivity index (χ2v) is 3.02. The summed E-state index contributed by atoms with van der Waals surface area (Å²) in [4.78, 5) is 0. The highest BCUT2D eigenvalue weighted by molar-refractivity contribution is 5.46. The minimum absolute atomic E-state index is 0.804. The van der Waals surface area contributed by atoms with Crippen molar-refractivity contribution in [3.63, 3.8) is 0 Å². The van der Waals surface area contributed by atoms with E-state index in [1.54, 1.807) is 0 Å². The summed E-state index contributed by atoms with van der Waals surface area (Å²) in [5.74, 6) is 1.64. The molecule has 2 aromatic rings. The highest BCUT2D eigenvalue weighted by Crippen LogP contribution is 2.24. The van der Waals surface area contributed by atoms with Crippen molar-refractivity contribution in [3.8, 4) is 11.5 Å². The van der Waals surface area contributed by atoms with E-state index in [-0.39, 0.29) is 0 Å². The van der Waals surface area contributed by atoms with E-state index < -0.39 is 0 Å². The maximum absolute atomic E-state index is 5.65. The Labute approximate surface area is 82.9 Å². The Kier molecular flexibility index (Phi) is 2.47. The Balaban J connectivity index is 2.24. The summed E-state index contributed by atoms with van der Waals surface area (Å²) in [5.41, 5.74) is 4.79. The van der Waals surface area contributed by atoms with Crippen molar-refractivity contribution in [2.75, 3.05) is 0 Å². The first-order valence-electron chi connectivity index (χ1n) is 4.50. The van der Waals surface area contributed by atoms with Crippen molar-refractivity contribution < 1.29 is 10.5 Å². The average Bonchev–Trinajstić information content (AvgIpc) is 2.23. The van der Waals surface area contributed by atoms with Crippen LogP contribution in [-0.4, -0.2) is 0 Å². The molecular formula is C12H12NO+. The van der Waals surface area contributed by atoms with Crippen LogP contribution in [0.4, 0.5) is 5.69 Å². The van der Waals surface area contributed by atoms with Gasteiger partial charge in [0.2, 0.25) is 0 Å². The summed E-state index contributed by atoms with van der Waals surface area (Å²) in [5, 5.41) is 0. The topological polar surface area (TPSA) is 36.9 Å². The second-order valence-electron chi connectivity index (χ2n) is 3.02. The Bertz CT molecular complexity index is 412. The molecule has 0 saturated carbocycles. The largest absolute Gasteiger partial charge is 0.451 e. The Morgan fingerprint density at radius 3 is 2.14 bits per heavy atom. The lowest BCUT2D eigenvalue weighted by Crippen LogP contribution is -2.40. The molecule has 0 atom stereocenters. The maximum atomic E-state index is 5.65. The molecule has 0 fully saturated rings. The van der Waals surface area contributed by atoms with E-state index in [0.29, 0.717) is 0 Å². The Hall–Kier alpha value is -1.80. The van der Waals surface area contributed by atoms with E-state index in [1.807, 2.05) is 54.6 Å². The van der Waals surface area contributed by atoms with Gasteiger partial charge >= 0.3 is 0 Å². The molecule has 0 heterocycles. The van der Waals surface area contributed by atoms with Gasteiger partial charge in [0.25, 0.3) is 0 Å². The standard InChI is InChI=1S/C12H11NO/c13-11-8-4-5-9-12(11)14-10-6-2-1-3-7-10/h1-9H,13H2/p+1. The number of quaternary nitrogens is 1. The third-order valence-electron chi connectivity index (χ3n) is 1.94. The van der Waals surface area contributed by atoms with E-state index in [0.717, 1.165) is 17.2 Å². The summed E-state index contributed by atoms with van der Waals surface area (Å²) in [6.07, 6.45) is 0. The molecule has 0 aliphatic carbocycles. The molecule has 0 aliphatic heterocycles. The predicted octanol–water partition coefficient (Wildman–Crippen LogP) is 2.35. The van der Waals surface area contributed by atoms with Gasteiger partial charge in [0.05, 0.1) is 0 Å². The lowest BCUT2D eigenvalue weighted by Gasteiger charge is -2.04. The van der Waals surface area contributed by atoms with Gasteiger partial charge in [-0.1, -0.05) is 30.3 Å². The predicted molar refractivity (Wildman–Crippen MR) is 55.5 cm³/mol. The van der Waals surface area contributed by atoms with Crippen molar-refractivity contribution in [2.45, 2.75) is 0 Å². The zero-order valence-corrected chi connectivity index (χ0v) is 7.81. The van der Waals surface area contributed by atoms with E-state index in [2.05, 4.69) is 5.73 Å². The fourth-order valence-electron chi connectivity index (χ4n) is 1.22. The molecule has 0 bridgehead atoms. The van der Waals surface area contributed by atoms with Crippen LogP contribution in [0, 0.1) is 0 Å². The molecule has 0 amide bonds. The van der Waals surface area contributed by atoms with Crippen LogP contribution in [0.1, 0.15) is 0 Å². The molecule has 0 unspecified atom stereocenters. The molecule has 70 valence electrons. The average molecular weight is 186 g/mol. The van der Waals surface area contributed by atoms with Crippen LogP contribution in [0.25, 0.3) is 0 Å². The van der Waals surface area contributed by atoms with Gasteiger partial charge in [-0.3, -0.25) is 0 Å². The molecule has 2 rings (SSSR count). The Morgan fingerprint density at radius 2 is 1.43 bits per heavy atom. The van der Waals surface area contributed by atoms with Gasteiger partial charge in [0, 0.05) is 6.07 Å². The van der Waals surface area contributed by atoms with Crippen molar-refractivity contribution in [1.82, 2.24) is 0 Å². The molecule has 2 aromatic carbocycles. The fourth-order valence-corrected chi connectivity index (χ4v) is 1.22. The van der Waals surface area contributed by atoms with E-state index in [1.165, 1.54) is 0 Å². The molecule has 2 nitrogen and oxygen atoms in total. The first-order chi connectivity index (χ1) is 6.86. The minimum atomic E-state index is 0.804. The summed E-state index contributed by atoms with van der Waals surface area (Å²) < 4.78 is 5.65. The molecule has 0 aliphatic rings. The summed E-state index contributed by atoms with van der Waals surface area (Å²) in [6.45, 7) is 0. The monoisotopic (exact) mass is 186 g/mol. The molecular weight excluding hydrogens is 174 g/mol. The number of hydrogen-bond acceptors (Lipinski definition) is 1. The smallest absolute Gasteiger partial charge is 0.187 e. The molecule has 0 radical (unpaired) electrons. The fraction of sp³-hybridized carbons (Fsp3) is 0. The molecule has 14 heavy (non-hydrogen) atoms. The van der Waals surface area contributed by atoms with Gasteiger partial charge < -0.3 is 10.5 Å². The van der Waals surface area contributed by atoms with Gasteiger partial charge in [-0.25, -0.2) is 0 Å². The van der Waals surface area contributed by atoms with Crippen LogP contribution >= 0.6 is 0 Å². The molecule has 0 saturated heterocycles. The number of ether oxygens (including phenoxy) is 1. The van der Waals surface area contributed by atoms with Crippen LogP contribution in [0.5, 0.6) is 11.5 Å². The van der Waals surface area contributed by atoms with Gasteiger partial charge in [0.15, 0.2) is 11.4 Å². The Morgan fingerprint density at radius 1 is 0.786 bits per heavy atom. The van der Waals surface area contributed by atoms with Crippen LogP contribution < -0.4 is 10.5 Å². The quantitative estimate of drug-likeness (QED) is 0.768. The first-order valence-corrected chi connectivity index (χ1v) is 4.50. The van der Waals surface area contributed by atoms with Gasteiger partial charge in [-0.2, -0.15) is 0 Å². The summed E-state index contributed by atoms with van der Waals surface area (Å²) >= 11 is 0. The molecule has 3 N–H and O–H groups in total. The normalized spacial score (nSPS) is 9.79. The second kappa shape index (κ2) is 3.94. The lowest BCUT2D eigenvalue weighted by atomic mass is 10.3. The van der Waals surface area contributed by atoms with E-state index in [4.69, 9.17) is 4.74 Å². The highest BCUT2D eigenvalue weighted by atomic mass is 16.5. The first kappa shape index (κ1) is 8.78. The van der Waals surface area contributed by atoms with E-state index in [9.17, 15) is 0 Å². The third-order valence-corrected chi connectivity index (χ3v) is 1.94. The zero-order chi connectivity index (χ0) is 9.80. The number of rotatable bonds is 2. The summed E-state index contributed by atoms with van der Waals surface area (Å²) in [7, 11) is 0.